The van der Waals surface area contributed by atoms with Crippen LogP contribution in [0.15, 0.2) is 77.9 Å². The molecule has 3 rings (SSSR count). The molecule has 0 aliphatic rings. The van der Waals surface area contributed by atoms with Crippen molar-refractivity contribution < 1.29 is 9.59 Å². The van der Waals surface area contributed by atoms with E-state index in [4.69, 9.17) is 0 Å². The summed E-state index contributed by atoms with van der Waals surface area (Å²) in [7, 11) is 1.67. The van der Waals surface area contributed by atoms with Gasteiger partial charge in [-0.1, -0.05) is 60.7 Å². The van der Waals surface area contributed by atoms with E-state index in [1.54, 1.807) is 24.7 Å². The molecular formula is C25H27N3O3. The summed E-state index contributed by atoms with van der Waals surface area (Å²) in [6.07, 6.45) is 3.73. The molecule has 0 saturated carbocycles. The highest BCUT2D eigenvalue weighted by molar-refractivity contribution is 5.99. The first kappa shape index (κ1) is 22.0. The third kappa shape index (κ3) is 5.69. The van der Waals surface area contributed by atoms with E-state index < -0.39 is 17.2 Å². The largest absolute Gasteiger partial charge is 0.352 e. The van der Waals surface area contributed by atoms with E-state index in [-0.39, 0.29) is 11.1 Å². The van der Waals surface area contributed by atoms with Crippen LogP contribution in [0.5, 0.6) is 0 Å². The fraction of sp³-hybridized carbons (Fsp3) is 0.240. The summed E-state index contributed by atoms with van der Waals surface area (Å²) < 4.78 is 1.72. The van der Waals surface area contributed by atoms with Crippen molar-refractivity contribution in [1.82, 2.24) is 14.8 Å². The fourth-order valence-corrected chi connectivity index (χ4v) is 3.34. The highest BCUT2D eigenvalue weighted by Gasteiger charge is 2.21. The van der Waals surface area contributed by atoms with Gasteiger partial charge >= 0.3 is 0 Å². The molecule has 0 radical (unpaired) electrons. The molecule has 0 spiro atoms. The molecule has 2 aromatic carbocycles. The van der Waals surface area contributed by atoms with Gasteiger partial charge in [-0.15, -0.1) is 0 Å². The molecule has 0 aliphatic heterocycles. The van der Waals surface area contributed by atoms with Gasteiger partial charge in [-0.25, -0.2) is 0 Å². The molecule has 160 valence electrons. The Kier molecular flexibility index (Phi) is 7.38. The summed E-state index contributed by atoms with van der Waals surface area (Å²) in [6, 6.07) is 19.5. The van der Waals surface area contributed by atoms with Gasteiger partial charge in [0.25, 0.3) is 11.8 Å². The Morgan fingerprint density at radius 2 is 1.48 bits per heavy atom. The second-order valence-corrected chi connectivity index (χ2v) is 7.39. The number of pyridine rings is 1. The summed E-state index contributed by atoms with van der Waals surface area (Å²) in [5.41, 5.74) is 1.53. The van der Waals surface area contributed by atoms with Crippen molar-refractivity contribution in [3.8, 4) is 0 Å². The number of aromatic nitrogens is 1. The molecule has 0 aliphatic carbocycles. The lowest BCUT2D eigenvalue weighted by molar-refractivity contribution is 0.0794. The maximum Gasteiger partial charge on any atom is 0.259 e. The quantitative estimate of drug-likeness (QED) is 0.613. The highest BCUT2D eigenvalue weighted by Crippen LogP contribution is 2.08. The monoisotopic (exact) mass is 417 g/mol. The standard InChI is InChI=1S/C25H27N3O3/c1-3-26-24(30)21-17-28(16-20-12-8-5-9-13-20)18-22(23(21)29)25(31)27(2)15-14-19-10-6-4-7-11-19/h4-13,17-18H,3,14-16H2,1-2H3,(H,26,30). The number of benzene rings is 2. The van der Waals surface area contributed by atoms with E-state index in [1.807, 2.05) is 60.7 Å². The smallest absolute Gasteiger partial charge is 0.259 e. The predicted octanol–water partition coefficient (Wildman–Crippen LogP) is 2.96. The molecule has 0 saturated heterocycles. The van der Waals surface area contributed by atoms with Gasteiger partial charge in [0.05, 0.1) is 0 Å². The van der Waals surface area contributed by atoms with Crippen LogP contribution in [0.2, 0.25) is 0 Å². The molecule has 31 heavy (non-hydrogen) atoms. The Hall–Kier alpha value is -3.67. The third-order valence-electron chi connectivity index (χ3n) is 5.02. The number of likely N-dealkylation sites (N-methyl/N-ethyl adjacent to an activating group) is 1. The summed E-state index contributed by atoms with van der Waals surface area (Å²) in [6.45, 7) is 3.09. The molecule has 2 amide bonds. The zero-order chi connectivity index (χ0) is 22.2. The second-order valence-electron chi connectivity index (χ2n) is 7.39. The van der Waals surface area contributed by atoms with Crippen molar-refractivity contribution in [3.63, 3.8) is 0 Å². The molecule has 0 bridgehead atoms. The lowest BCUT2D eigenvalue weighted by atomic mass is 10.1. The van der Waals surface area contributed by atoms with Gasteiger partial charge in [-0.2, -0.15) is 0 Å². The first-order valence-electron chi connectivity index (χ1n) is 10.3. The van der Waals surface area contributed by atoms with Gasteiger partial charge in [-0.05, 0) is 24.5 Å². The molecule has 0 unspecified atom stereocenters. The van der Waals surface area contributed by atoms with E-state index in [2.05, 4.69) is 5.32 Å². The number of carbonyl (C=O) groups is 2. The average Bonchev–Trinajstić information content (AvgIpc) is 2.79. The number of hydrogen-bond donors (Lipinski definition) is 1. The summed E-state index contributed by atoms with van der Waals surface area (Å²) >= 11 is 0. The van der Waals surface area contributed by atoms with Crippen LogP contribution in [0.4, 0.5) is 0 Å². The van der Waals surface area contributed by atoms with Gasteiger partial charge in [0.1, 0.15) is 11.1 Å². The van der Waals surface area contributed by atoms with Crippen LogP contribution in [0, 0.1) is 0 Å². The van der Waals surface area contributed by atoms with Crippen LogP contribution in [0.1, 0.15) is 38.8 Å². The van der Waals surface area contributed by atoms with Crippen molar-refractivity contribution in [3.05, 3.63) is 106 Å². The van der Waals surface area contributed by atoms with Crippen molar-refractivity contribution in [2.45, 2.75) is 19.9 Å². The lowest BCUT2D eigenvalue weighted by Gasteiger charge is -2.18. The number of amides is 2. The third-order valence-corrected chi connectivity index (χ3v) is 5.02. The molecule has 1 aromatic heterocycles. The number of hydrogen-bond acceptors (Lipinski definition) is 3. The molecule has 0 fully saturated rings. The van der Waals surface area contributed by atoms with Crippen molar-refractivity contribution in [1.29, 1.82) is 0 Å². The van der Waals surface area contributed by atoms with E-state index in [0.717, 1.165) is 11.1 Å². The number of rotatable bonds is 8. The van der Waals surface area contributed by atoms with E-state index in [0.29, 0.717) is 26.1 Å². The lowest BCUT2D eigenvalue weighted by Crippen LogP contribution is -2.37. The number of nitrogens with one attached hydrogen (secondary N) is 1. The van der Waals surface area contributed by atoms with E-state index in [9.17, 15) is 14.4 Å². The van der Waals surface area contributed by atoms with Gasteiger partial charge in [-0.3, -0.25) is 14.4 Å². The minimum absolute atomic E-state index is 0.00440. The minimum Gasteiger partial charge on any atom is -0.352 e. The molecular weight excluding hydrogens is 390 g/mol. The average molecular weight is 418 g/mol. The SMILES string of the molecule is CCNC(=O)c1cn(Cc2ccccc2)cc(C(=O)N(C)CCc2ccccc2)c1=O. The maximum atomic E-state index is 13.1. The minimum atomic E-state index is -0.549. The molecule has 6 nitrogen and oxygen atoms in total. The number of nitrogens with zero attached hydrogens (tertiary/aromatic N) is 2. The topological polar surface area (TPSA) is 71.4 Å². The van der Waals surface area contributed by atoms with Crippen LogP contribution < -0.4 is 10.7 Å². The maximum absolute atomic E-state index is 13.1. The van der Waals surface area contributed by atoms with Gasteiger partial charge < -0.3 is 14.8 Å². The summed E-state index contributed by atoms with van der Waals surface area (Å²) in [4.78, 5) is 40.1. The summed E-state index contributed by atoms with van der Waals surface area (Å²) in [5.74, 6) is -0.871. The Morgan fingerprint density at radius 1 is 0.903 bits per heavy atom. The second kappa shape index (κ2) is 10.4. The normalized spacial score (nSPS) is 10.5. The Balaban J connectivity index is 1.90. The molecule has 6 heteroatoms. The van der Waals surface area contributed by atoms with Crippen LogP contribution in [0.3, 0.4) is 0 Å². The Morgan fingerprint density at radius 3 is 2.10 bits per heavy atom. The molecule has 1 heterocycles. The van der Waals surface area contributed by atoms with Crippen molar-refractivity contribution in [2.75, 3.05) is 20.1 Å². The van der Waals surface area contributed by atoms with E-state index >= 15 is 0 Å². The van der Waals surface area contributed by atoms with Crippen LogP contribution in [-0.2, 0) is 13.0 Å². The van der Waals surface area contributed by atoms with Crippen LogP contribution in [0.25, 0.3) is 0 Å². The first-order chi connectivity index (χ1) is 15.0. The molecule has 1 N–H and O–H groups in total. The van der Waals surface area contributed by atoms with Gasteiger partial charge in [0.15, 0.2) is 0 Å². The Labute approximate surface area is 182 Å². The predicted molar refractivity (Wildman–Crippen MR) is 121 cm³/mol. The van der Waals surface area contributed by atoms with Crippen molar-refractivity contribution >= 4 is 11.8 Å². The molecule has 3 aromatic rings. The molecule has 0 atom stereocenters. The zero-order valence-electron chi connectivity index (χ0n) is 17.9. The van der Waals surface area contributed by atoms with Crippen LogP contribution >= 0.6 is 0 Å². The number of carbonyl (C=O) groups excluding carboxylic acids is 2. The first-order valence-corrected chi connectivity index (χ1v) is 10.3. The van der Waals surface area contributed by atoms with E-state index in [1.165, 1.54) is 11.1 Å². The highest BCUT2D eigenvalue weighted by atomic mass is 16.2. The fourth-order valence-electron chi connectivity index (χ4n) is 3.34. The van der Waals surface area contributed by atoms with Gasteiger partial charge in [0, 0.05) is 39.1 Å². The zero-order valence-corrected chi connectivity index (χ0v) is 17.9. The summed E-state index contributed by atoms with van der Waals surface area (Å²) in [5, 5.41) is 2.66. The van der Waals surface area contributed by atoms with Crippen LogP contribution in [-0.4, -0.2) is 41.4 Å². The Bertz CT molecular complexity index is 1090. The van der Waals surface area contributed by atoms with Gasteiger partial charge in [0.2, 0.25) is 5.43 Å². The van der Waals surface area contributed by atoms with Crippen molar-refractivity contribution in [2.24, 2.45) is 0 Å².